The van der Waals surface area contributed by atoms with E-state index >= 15 is 0 Å². The normalized spacial score (nSPS) is 10.4. The van der Waals surface area contributed by atoms with Crippen LogP contribution in [0.4, 0.5) is 5.82 Å². The molecule has 0 fully saturated rings. The molecule has 0 radical (unpaired) electrons. The number of para-hydroxylation sites is 1. The first-order valence-corrected chi connectivity index (χ1v) is 7.32. The monoisotopic (exact) mass is 314 g/mol. The molecule has 19 heavy (non-hydrogen) atoms. The average molecular weight is 315 g/mol. The van der Waals surface area contributed by atoms with Crippen LogP contribution in [0.3, 0.4) is 0 Å². The lowest BCUT2D eigenvalue weighted by molar-refractivity contribution is 0.344. The lowest BCUT2D eigenvalue weighted by atomic mass is 10.3. The van der Waals surface area contributed by atoms with Gasteiger partial charge in [-0.05, 0) is 24.3 Å². The third-order valence-corrected chi connectivity index (χ3v) is 3.82. The van der Waals surface area contributed by atoms with Gasteiger partial charge in [-0.1, -0.05) is 29.3 Å². The fraction of sp³-hybridized carbons (Fsp3) is 0.154. The summed E-state index contributed by atoms with van der Waals surface area (Å²) in [6.45, 7) is 0.512. The Balaban J connectivity index is 1.82. The molecular formula is C13H12Cl2N2OS. The summed E-state index contributed by atoms with van der Waals surface area (Å²) in [6, 6.07) is 8.98. The van der Waals surface area contributed by atoms with Crippen LogP contribution in [0.25, 0.3) is 0 Å². The third-order valence-electron chi connectivity index (χ3n) is 2.28. The van der Waals surface area contributed by atoms with Gasteiger partial charge in [0.05, 0.1) is 16.7 Å². The number of rotatable bonds is 5. The lowest BCUT2D eigenvalue weighted by Gasteiger charge is -2.09. The van der Waals surface area contributed by atoms with Gasteiger partial charge in [-0.15, -0.1) is 11.8 Å². The fourth-order valence-electron chi connectivity index (χ4n) is 1.40. The highest BCUT2D eigenvalue weighted by Gasteiger charge is 2.06. The fourth-order valence-corrected chi connectivity index (χ4v) is 2.60. The van der Waals surface area contributed by atoms with E-state index in [0.717, 1.165) is 10.6 Å². The molecule has 6 heteroatoms. The van der Waals surface area contributed by atoms with Crippen molar-refractivity contribution in [3.63, 3.8) is 0 Å². The van der Waals surface area contributed by atoms with Gasteiger partial charge in [0.15, 0.2) is 5.75 Å². The number of anilines is 1. The van der Waals surface area contributed by atoms with E-state index in [4.69, 9.17) is 33.7 Å². The molecule has 0 amide bonds. The molecule has 3 nitrogen and oxygen atoms in total. The van der Waals surface area contributed by atoms with Crippen LogP contribution in [-0.4, -0.2) is 17.3 Å². The molecule has 0 spiro atoms. The van der Waals surface area contributed by atoms with E-state index in [0.29, 0.717) is 28.2 Å². The van der Waals surface area contributed by atoms with Crippen molar-refractivity contribution in [2.75, 3.05) is 18.1 Å². The molecule has 0 aliphatic rings. The Morgan fingerprint density at radius 2 is 1.89 bits per heavy atom. The predicted molar refractivity (Wildman–Crippen MR) is 81.3 cm³/mol. The van der Waals surface area contributed by atoms with Gasteiger partial charge in [-0.2, -0.15) is 0 Å². The summed E-state index contributed by atoms with van der Waals surface area (Å²) in [5.74, 6) is 1.82. The number of thioether (sulfide) groups is 1. The quantitative estimate of drug-likeness (QED) is 0.665. The van der Waals surface area contributed by atoms with Crippen molar-refractivity contribution in [3.8, 4) is 5.75 Å². The molecule has 2 N–H and O–H groups in total. The Labute approximate surface area is 126 Å². The number of nitrogens with zero attached hydrogens (tertiary/aromatic N) is 1. The molecule has 0 unspecified atom stereocenters. The summed E-state index contributed by atoms with van der Waals surface area (Å²) in [4.78, 5) is 5.06. The van der Waals surface area contributed by atoms with Crippen LogP contribution in [0.1, 0.15) is 0 Å². The Kier molecular flexibility index (Phi) is 5.19. The van der Waals surface area contributed by atoms with Crippen LogP contribution in [0, 0.1) is 0 Å². The van der Waals surface area contributed by atoms with Crippen LogP contribution in [0.5, 0.6) is 5.75 Å². The summed E-state index contributed by atoms with van der Waals surface area (Å²) >= 11 is 13.6. The van der Waals surface area contributed by atoms with Gasteiger partial charge in [0.25, 0.3) is 0 Å². The Morgan fingerprint density at radius 1 is 1.16 bits per heavy atom. The summed E-state index contributed by atoms with van der Waals surface area (Å²) < 4.78 is 5.58. The van der Waals surface area contributed by atoms with Gasteiger partial charge >= 0.3 is 0 Å². The third kappa shape index (κ3) is 4.20. The Bertz CT molecular complexity index is 529. The molecule has 1 aromatic carbocycles. The number of nitrogen functional groups attached to an aromatic ring is 1. The van der Waals surface area contributed by atoms with E-state index in [1.165, 1.54) is 0 Å². The van der Waals surface area contributed by atoms with Crippen LogP contribution in [0.15, 0.2) is 41.4 Å². The molecule has 1 aromatic heterocycles. The second-order valence-corrected chi connectivity index (χ2v) is 5.65. The Hall–Kier alpha value is -1.10. The molecule has 2 aromatic rings. The summed E-state index contributed by atoms with van der Waals surface area (Å²) in [6.07, 6.45) is 1.74. The molecule has 0 aliphatic carbocycles. The first kappa shape index (κ1) is 14.3. The zero-order chi connectivity index (χ0) is 13.7. The summed E-state index contributed by atoms with van der Waals surface area (Å²) in [5.41, 5.74) is 5.52. The minimum Gasteiger partial charge on any atom is -0.490 e. The number of ether oxygens (including phenoxy) is 1. The highest BCUT2D eigenvalue weighted by atomic mass is 35.5. The molecule has 100 valence electrons. The minimum atomic E-state index is 0.512. The van der Waals surface area contributed by atoms with E-state index in [2.05, 4.69) is 4.98 Å². The SMILES string of the molecule is Nc1ccc(SCCOc2c(Cl)cccc2Cl)cn1. The van der Waals surface area contributed by atoms with Gasteiger partial charge < -0.3 is 10.5 Å². The highest BCUT2D eigenvalue weighted by Crippen LogP contribution is 2.32. The van der Waals surface area contributed by atoms with E-state index < -0.39 is 0 Å². The predicted octanol–water partition coefficient (Wildman–Crippen LogP) is 4.14. The van der Waals surface area contributed by atoms with E-state index in [-0.39, 0.29) is 0 Å². The van der Waals surface area contributed by atoms with Crippen molar-refractivity contribution >= 4 is 40.8 Å². The number of halogens is 2. The maximum absolute atomic E-state index is 6.00. The molecule has 1 heterocycles. The average Bonchev–Trinajstić information content (AvgIpc) is 2.39. The van der Waals surface area contributed by atoms with E-state index in [9.17, 15) is 0 Å². The first-order chi connectivity index (χ1) is 9.16. The molecule has 2 rings (SSSR count). The van der Waals surface area contributed by atoms with Gasteiger partial charge in [-0.25, -0.2) is 4.98 Å². The van der Waals surface area contributed by atoms with Gasteiger partial charge in [0.2, 0.25) is 0 Å². The van der Waals surface area contributed by atoms with Gasteiger partial charge in [0, 0.05) is 16.8 Å². The first-order valence-electron chi connectivity index (χ1n) is 5.58. The van der Waals surface area contributed by atoms with Crippen molar-refractivity contribution in [2.45, 2.75) is 4.90 Å². The van der Waals surface area contributed by atoms with Crippen LogP contribution in [0.2, 0.25) is 10.0 Å². The Morgan fingerprint density at radius 3 is 2.53 bits per heavy atom. The minimum absolute atomic E-state index is 0.512. The lowest BCUT2D eigenvalue weighted by Crippen LogP contribution is -2.01. The van der Waals surface area contributed by atoms with E-state index in [1.807, 2.05) is 6.07 Å². The standard InChI is InChI=1S/C13H12Cl2N2OS/c14-10-2-1-3-11(15)13(10)18-6-7-19-9-4-5-12(16)17-8-9/h1-5,8H,6-7H2,(H2,16,17). The molecule has 0 atom stereocenters. The van der Waals surface area contributed by atoms with Gasteiger partial charge in [-0.3, -0.25) is 0 Å². The van der Waals surface area contributed by atoms with Crippen molar-refractivity contribution < 1.29 is 4.74 Å². The van der Waals surface area contributed by atoms with Crippen molar-refractivity contribution in [2.24, 2.45) is 0 Å². The van der Waals surface area contributed by atoms with Crippen molar-refractivity contribution in [3.05, 3.63) is 46.6 Å². The zero-order valence-electron chi connectivity index (χ0n) is 9.98. The summed E-state index contributed by atoms with van der Waals surface area (Å²) in [7, 11) is 0. The van der Waals surface area contributed by atoms with Crippen LogP contribution in [-0.2, 0) is 0 Å². The highest BCUT2D eigenvalue weighted by molar-refractivity contribution is 7.99. The number of nitrogens with two attached hydrogens (primary N) is 1. The smallest absolute Gasteiger partial charge is 0.156 e. The number of aromatic nitrogens is 1. The van der Waals surface area contributed by atoms with Crippen LogP contribution >= 0.6 is 35.0 Å². The van der Waals surface area contributed by atoms with Gasteiger partial charge in [0.1, 0.15) is 5.82 Å². The number of hydrogen-bond donors (Lipinski definition) is 1. The molecule has 0 bridgehead atoms. The molecule has 0 saturated carbocycles. The zero-order valence-corrected chi connectivity index (χ0v) is 12.3. The van der Waals surface area contributed by atoms with Crippen molar-refractivity contribution in [1.29, 1.82) is 0 Å². The molecule has 0 saturated heterocycles. The number of pyridine rings is 1. The summed E-state index contributed by atoms with van der Waals surface area (Å²) in [5, 5.41) is 1.04. The molecule has 0 aliphatic heterocycles. The maximum atomic E-state index is 6.00. The maximum Gasteiger partial charge on any atom is 0.156 e. The van der Waals surface area contributed by atoms with Crippen LogP contribution < -0.4 is 10.5 Å². The number of hydrogen-bond acceptors (Lipinski definition) is 4. The second-order valence-electron chi connectivity index (χ2n) is 3.67. The second kappa shape index (κ2) is 6.89. The number of benzene rings is 1. The molecular weight excluding hydrogens is 303 g/mol. The van der Waals surface area contributed by atoms with Crippen molar-refractivity contribution in [1.82, 2.24) is 4.98 Å². The van der Waals surface area contributed by atoms with E-state index in [1.54, 1.807) is 42.2 Å². The topological polar surface area (TPSA) is 48.1 Å². The largest absolute Gasteiger partial charge is 0.490 e.